The molecular weight excluding hydrogens is 343 g/mol. The summed E-state index contributed by atoms with van der Waals surface area (Å²) in [4.78, 5) is 17.6. The molecule has 2 heterocycles. The van der Waals surface area contributed by atoms with Crippen molar-refractivity contribution in [3.63, 3.8) is 0 Å². The van der Waals surface area contributed by atoms with Gasteiger partial charge in [0.05, 0.1) is 23.1 Å². The van der Waals surface area contributed by atoms with Gasteiger partial charge in [0.15, 0.2) is 0 Å². The van der Waals surface area contributed by atoms with E-state index in [0.29, 0.717) is 12.0 Å². The average molecular weight is 370 g/mol. The van der Waals surface area contributed by atoms with Crippen molar-refractivity contribution < 1.29 is 9.18 Å². The fraction of sp³-hybridized carbons (Fsp3) is 0.524. The third kappa shape index (κ3) is 3.63. The summed E-state index contributed by atoms with van der Waals surface area (Å²) < 4.78 is 15.0. The Balaban J connectivity index is 1.48. The molecule has 5 nitrogen and oxygen atoms in total. The maximum Gasteiger partial charge on any atom is 0.257 e. The van der Waals surface area contributed by atoms with Crippen molar-refractivity contribution in [3.8, 4) is 5.69 Å². The van der Waals surface area contributed by atoms with Crippen molar-refractivity contribution in [2.75, 3.05) is 26.2 Å². The first-order valence-corrected chi connectivity index (χ1v) is 10.0. The first-order valence-electron chi connectivity index (χ1n) is 10.0. The highest BCUT2D eigenvalue weighted by atomic mass is 19.1. The second-order valence-electron chi connectivity index (χ2n) is 7.51. The van der Waals surface area contributed by atoms with Crippen molar-refractivity contribution in [2.45, 2.75) is 45.1 Å². The number of hydrogen-bond acceptors (Lipinski definition) is 3. The molecule has 6 heteroatoms. The van der Waals surface area contributed by atoms with E-state index in [2.05, 4.69) is 10.00 Å². The second kappa shape index (κ2) is 7.80. The molecule has 144 valence electrons. The summed E-state index contributed by atoms with van der Waals surface area (Å²) in [5, 5.41) is 4.42. The van der Waals surface area contributed by atoms with Crippen molar-refractivity contribution >= 4 is 5.91 Å². The van der Waals surface area contributed by atoms with Crippen LogP contribution in [0.15, 0.2) is 30.5 Å². The Morgan fingerprint density at radius 3 is 2.41 bits per heavy atom. The van der Waals surface area contributed by atoms with Gasteiger partial charge in [0, 0.05) is 32.2 Å². The number of aromatic nitrogens is 2. The van der Waals surface area contributed by atoms with Crippen LogP contribution in [0.5, 0.6) is 0 Å². The van der Waals surface area contributed by atoms with Gasteiger partial charge in [-0.3, -0.25) is 9.69 Å². The number of rotatable bonds is 4. The zero-order valence-electron chi connectivity index (χ0n) is 15.9. The summed E-state index contributed by atoms with van der Waals surface area (Å²) in [6, 6.07) is 6.93. The molecule has 0 bridgehead atoms. The Morgan fingerprint density at radius 2 is 1.78 bits per heavy atom. The van der Waals surface area contributed by atoms with Gasteiger partial charge in [-0.1, -0.05) is 19.8 Å². The van der Waals surface area contributed by atoms with E-state index in [4.69, 9.17) is 0 Å². The largest absolute Gasteiger partial charge is 0.336 e. The number of piperazine rings is 1. The number of carbonyl (C=O) groups excluding carboxylic acids is 1. The normalized spacial score (nSPS) is 19.0. The lowest BCUT2D eigenvalue weighted by molar-refractivity contribution is 0.0572. The third-order valence-electron chi connectivity index (χ3n) is 5.95. The van der Waals surface area contributed by atoms with Gasteiger partial charge >= 0.3 is 0 Å². The number of amides is 1. The fourth-order valence-electron chi connectivity index (χ4n) is 4.43. The smallest absolute Gasteiger partial charge is 0.257 e. The summed E-state index contributed by atoms with van der Waals surface area (Å²) in [5.41, 5.74) is 2.32. The van der Waals surface area contributed by atoms with Gasteiger partial charge in [0.2, 0.25) is 0 Å². The van der Waals surface area contributed by atoms with E-state index < -0.39 is 0 Å². The topological polar surface area (TPSA) is 41.4 Å². The molecule has 2 aromatic rings. The van der Waals surface area contributed by atoms with Crippen molar-refractivity contribution in [1.82, 2.24) is 19.6 Å². The monoisotopic (exact) mass is 370 g/mol. The molecule has 1 aromatic carbocycles. The Kier molecular flexibility index (Phi) is 5.25. The molecule has 4 rings (SSSR count). The van der Waals surface area contributed by atoms with Gasteiger partial charge in [0.1, 0.15) is 5.82 Å². The van der Waals surface area contributed by atoms with E-state index in [-0.39, 0.29) is 11.7 Å². The van der Waals surface area contributed by atoms with Crippen molar-refractivity contribution in [2.24, 2.45) is 0 Å². The van der Waals surface area contributed by atoms with Gasteiger partial charge in [0.25, 0.3) is 5.91 Å². The molecule has 0 radical (unpaired) electrons. The van der Waals surface area contributed by atoms with E-state index in [1.165, 1.54) is 37.8 Å². The van der Waals surface area contributed by atoms with Crippen LogP contribution in [0.25, 0.3) is 5.69 Å². The summed E-state index contributed by atoms with van der Waals surface area (Å²) in [5.74, 6) is -0.216. The van der Waals surface area contributed by atoms with Crippen LogP contribution in [0.1, 0.15) is 48.7 Å². The number of hydrogen-bond donors (Lipinski definition) is 0. The lowest BCUT2D eigenvalue weighted by Gasteiger charge is -2.38. The summed E-state index contributed by atoms with van der Waals surface area (Å²) in [6.07, 6.45) is 7.64. The second-order valence-corrected chi connectivity index (χ2v) is 7.51. The average Bonchev–Trinajstić information content (AvgIpc) is 3.38. The first kappa shape index (κ1) is 18.2. The van der Waals surface area contributed by atoms with Gasteiger partial charge < -0.3 is 4.90 Å². The molecule has 0 N–H and O–H groups in total. The minimum absolute atomic E-state index is 0.0614. The molecule has 0 unspecified atom stereocenters. The van der Waals surface area contributed by atoms with Crippen LogP contribution < -0.4 is 0 Å². The molecule has 1 saturated heterocycles. The van der Waals surface area contributed by atoms with Crippen LogP contribution in [0.2, 0.25) is 0 Å². The van der Waals surface area contributed by atoms with Gasteiger partial charge in [-0.25, -0.2) is 9.07 Å². The van der Waals surface area contributed by atoms with Crippen LogP contribution in [0.4, 0.5) is 4.39 Å². The molecule has 1 saturated carbocycles. The van der Waals surface area contributed by atoms with E-state index in [1.54, 1.807) is 23.0 Å². The predicted octanol–water partition coefficient (Wildman–Crippen LogP) is 3.27. The molecule has 2 fully saturated rings. The maximum atomic E-state index is 13.2. The maximum absolute atomic E-state index is 13.2. The van der Waals surface area contributed by atoms with E-state index in [1.807, 2.05) is 11.8 Å². The summed E-state index contributed by atoms with van der Waals surface area (Å²) in [7, 11) is 0. The minimum atomic E-state index is -0.277. The lowest BCUT2D eigenvalue weighted by Crippen LogP contribution is -2.51. The Bertz CT molecular complexity index is 787. The molecule has 1 aliphatic carbocycles. The summed E-state index contributed by atoms with van der Waals surface area (Å²) in [6.45, 7) is 5.50. The number of nitrogens with zero attached hydrogens (tertiary/aromatic N) is 4. The van der Waals surface area contributed by atoms with Crippen molar-refractivity contribution in [1.29, 1.82) is 0 Å². The molecule has 1 aromatic heterocycles. The zero-order chi connectivity index (χ0) is 18.8. The van der Waals surface area contributed by atoms with Crippen molar-refractivity contribution in [3.05, 3.63) is 47.5 Å². The predicted molar refractivity (Wildman–Crippen MR) is 103 cm³/mol. The molecule has 2 aliphatic rings. The van der Waals surface area contributed by atoms with Gasteiger partial charge in [-0.15, -0.1) is 0 Å². The highest BCUT2D eigenvalue weighted by Crippen LogP contribution is 2.25. The highest BCUT2D eigenvalue weighted by Gasteiger charge is 2.29. The highest BCUT2D eigenvalue weighted by molar-refractivity contribution is 5.95. The standard InChI is InChI=1S/C21H27FN4O/c1-2-20-19(15-23-26(20)18-9-7-16(22)8-10-18)21(27)25-13-11-24(12-14-25)17-5-3-4-6-17/h7-10,15,17H,2-6,11-14H2,1H3. The molecule has 1 aliphatic heterocycles. The molecular formula is C21H27FN4O. The van der Waals surface area contributed by atoms with E-state index >= 15 is 0 Å². The Morgan fingerprint density at radius 1 is 1.11 bits per heavy atom. The van der Waals surface area contributed by atoms with Crippen LogP contribution in [-0.4, -0.2) is 57.7 Å². The molecule has 1 amide bonds. The van der Waals surface area contributed by atoms with Crippen LogP contribution in [0.3, 0.4) is 0 Å². The summed E-state index contributed by atoms with van der Waals surface area (Å²) >= 11 is 0. The molecule has 0 spiro atoms. The van der Waals surface area contributed by atoms with E-state index in [0.717, 1.165) is 43.6 Å². The quantitative estimate of drug-likeness (QED) is 0.829. The number of carbonyl (C=O) groups is 1. The molecule has 27 heavy (non-hydrogen) atoms. The van der Waals surface area contributed by atoms with Gasteiger partial charge in [-0.2, -0.15) is 5.10 Å². The van der Waals surface area contributed by atoms with E-state index in [9.17, 15) is 9.18 Å². The Hall–Kier alpha value is -2.21. The third-order valence-corrected chi connectivity index (χ3v) is 5.95. The fourth-order valence-corrected chi connectivity index (χ4v) is 4.43. The SMILES string of the molecule is CCc1c(C(=O)N2CCN(C3CCCC3)CC2)cnn1-c1ccc(F)cc1. The van der Waals surface area contributed by atoms with Crippen LogP contribution in [0, 0.1) is 5.82 Å². The minimum Gasteiger partial charge on any atom is -0.336 e. The zero-order valence-corrected chi connectivity index (χ0v) is 15.9. The van der Waals surface area contributed by atoms with Crippen LogP contribution >= 0.6 is 0 Å². The number of benzene rings is 1. The lowest BCUT2D eigenvalue weighted by atomic mass is 10.1. The molecule has 0 atom stereocenters. The van der Waals surface area contributed by atoms with Crippen LogP contribution in [-0.2, 0) is 6.42 Å². The van der Waals surface area contributed by atoms with Gasteiger partial charge in [-0.05, 0) is 43.5 Å². The Labute approximate surface area is 159 Å². The number of halogens is 1. The first-order chi connectivity index (χ1) is 13.2.